The predicted octanol–water partition coefficient (Wildman–Crippen LogP) is 4.05. The Balaban J connectivity index is 2.12. The van der Waals surface area contributed by atoms with Gasteiger partial charge < -0.3 is 4.74 Å². The van der Waals surface area contributed by atoms with Crippen molar-refractivity contribution in [2.45, 2.75) is 13.5 Å². The van der Waals surface area contributed by atoms with Gasteiger partial charge in [-0.2, -0.15) is 5.26 Å². The second-order valence-corrected chi connectivity index (χ2v) is 5.13. The Morgan fingerprint density at radius 1 is 1.22 bits per heavy atom. The smallest absolute Gasteiger partial charge is 0.133 e. The molecule has 0 amide bonds. The van der Waals surface area contributed by atoms with Gasteiger partial charge >= 0.3 is 0 Å². The summed E-state index contributed by atoms with van der Waals surface area (Å²) in [5.41, 5.74) is 2.87. The van der Waals surface area contributed by atoms with Crippen molar-refractivity contribution in [1.29, 1.82) is 5.26 Å². The van der Waals surface area contributed by atoms with E-state index in [0.29, 0.717) is 12.2 Å². The fourth-order valence-electron chi connectivity index (χ4n) is 1.64. The summed E-state index contributed by atoms with van der Waals surface area (Å²) >= 11 is 2.26. The van der Waals surface area contributed by atoms with Gasteiger partial charge in [0.1, 0.15) is 12.4 Å². The van der Waals surface area contributed by atoms with Crippen molar-refractivity contribution in [3.8, 4) is 11.8 Å². The standard InChI is InChI=1S/C15H12INO/c1-11-8-12(9-17)6-7-13(11)10-18-15-5-3-2-4-14(15)16/h2-8H,10H2,1H3. The van der Waals surface area contributed by atoms with Gasteiger partial charge in [-0.1, -0.05) is 18.2 Å². The van der Waals surface area contributed by atoms with Crippen LogP contribution in [-0.4, -0.2) is 0 Å². The molecule has 0 fully saturated rings. The molecular formula is C15H12INO. The first-order valence-electron chi connectivity index (χ1n) is 5.57. The van der Waals surface area contributed by atoms with Gasteiger partial charge in [0.2, 0.25) is 0 Å². The molecule has 0 unspecified atom stereocenters. The van der Waals surface area contributed by atoms with Crippen molar-refractivity contribution in [2.75, 3.05) is 0 Å². The molecule has 2 aromatic rings. The van der Waals surface area contributed by atoms with Gasteiger partial charge in [0, 0.05) is 0 Å². The van der Waals surface area contributed by atoms with Crippen LogP contribution >= 0.6 is 22.6 Å². The number of nitrogens with zero attached hydrogens (tertiary/aromatic N) is 1. The summed E-state index contributed by atoms with van der Waals surface area (Å²) in [6, 6.07) is 15.7. The van der Waals surface area contributed by atoms with Gasteiger partial charge in [-0.25, -0.2) is 0 Å². The Kier molecular flexibility index (Phi) is 4.21. The zero-order chi connectivity index (χ0) is 13.0. The Bertz CT molecular complexity index is 602. The summed E-state index contributed by atoms with van der Waals surface area (Å²) < 4.78 is 6.89. The summed E-state index contributed by atoms with van der Waals surface area (Å²) in [6.07, 6.45) is 0. The van der Waals surface area contributed by atoms with Crippen molar-refractivity contribution >= 4 is 22.6 Å². The molecule has 90 valence electrons. The molecule has 0 atom stereocenters. The highest BCUT2D eigenvalue weighted by molar-refractivity contribution is 14.1. The maximum atomic E-state index is 8.81. The Morgan fingerprint density at radius 2 is 2.00 bits per heavy atom. The monoisotopic (exact) mass is 349 g/mol. The highest BCUT2D eigenvalue weighted by atomic mass is 127. The Morgan fingerprint density at radius 3 is 2.67 bits per heavy atom. The summed E-state index contributed by atoms with van der Waals surface area (Å²) in [4.78, 5) is 0. The average Bonchev–Trinajstić information content (AvgIpc) is 2.39. The van der Waals surface area contributed by atoms with Crippen molar-refractivity contribution in [3.05, 3.63) is 62.7 Å². The maximum absolute atomic E-state index is 8.81. The van der Waals surface area contributed by atoms with Crippen LogP contribution in [0.25, 0.3) is 0 Å². The molecule has 2 rings (SSSR count). The third-order valence-corrected chi connectivity index (χ3v) is 3.58. The average molecular weight is 349 g/mol. The van der Waals surface area contributed by atoms with Gasteiger partial charge in [0.15, 0.2) is 0 Å². The number of benzene rings is 2. The molecule has 0 saturated heterocycles. The zero-order valence-electron chi connectivity index (χ0n) is 9.98. The quantitative estimate of drug-likeness (QED) is 0.784. The number of nitriles is 1. The van der Waals surface area contributed by atoms with Gasteiger partial charge in [0.25, 0.3) is 0 Å². The van der Waals surface area contributed by atoms with Gasteiger partial charge in [0.05, 0.1) is 15.2 Å². The van der Waals surface area contributed by atoms with E-state index in [4.69, 9.17) is 10.00 Å². The van der Waals surface area contributed by atoms with E-state index in [-0.39, 0.29) is 0 Å². The molecule has 2 aromatic carbocycles. The molecule has 0 aliphatic heterocycles. The minimum atomic E-state index is 0.525. The lowest BCUT2D eigenvalue weighted by molar-refractivity contribution is 0.303. The second kappa shape index (κ2) is 5.87. The van der Waals surface area contributed by atoms with E-state index < -0.39 is 0 Å². The molecule has 0 aromatic heterocycles. The van der Waals surface area contributed by atoms with Crippen LogP contribution in [0.2, 0.25) is 0 Å². The Labute approximate surface area is 120 Å². The molecule has 0 aliphatic carbocycles. The lowest BCUT2D eigenvalue weighted by Crippen LogP contribution is -1.99. The van der Waals surface area contributed by atoms with Gasteiger partial charge in [-0.3, -0.25) is 0 Å². The summed E-state index contributed by atoms with van der Waals surface area (Å²) in [5.74, 6) is 0.891. The number of para-hydroxylation sites is 1. The van der Waals surface area contributed by atoms with Crippen LogP contribution in [-0.2, 0) is 6.61 Å². The van der Waals surface area contributed by atoms with Crippen LogP contribution in [0.5, 0.6) is 5.75 Å². The van der Waals surface area contributed by atoms with E-state index in [1.807, 2.05) is 49.4 Å². The topological polar surface area (TPSA) is 33.0 Å². The normalized spacial score (nSPS) is 9.83. The van der Waals surface area contributed by atoms with E-state index in [1.54, 1.807) is 0 Å². The summed E-state index contributed by atoms with van der Waals surface area (Å²) in [7, 11) is 0. The molecule has 3 heteroatoms. The molecule has 0 N–H and O–H groups in total. The van der Waals surface area contributed by atoms with Crippen LogP contribution in [0.1, 0.15) is 16.7 Å². The minimum absolute atomic E-state index is 0.525. The summed E-state index contributed by atoms with van der Waals surface area (Å²) in [5, 5.41) is 8.81. The van der Waals surface area contributed by atoms with E-state index in [0.717, 1.165) is 20.4 Å². The molecule has 0 saturated carbocycles. The van der Waals surface area contributed by atoms with E-state index >= 15 is 0 Å². The molecular weight excluding hydrogens is 337 g/mol. The second-order valence-electron chi connectivity index (χ2n) is 3.97. The van der Waals surface area contributed by atoms with Gasteiger partial charge in [-0.15, -0.1) is 0 Å². The SMILES string of the molecule is Cc1cc(C#N)ccc1COc1ccccc1I. The molecule has 0 heterocycles. The third kappa shape index (κ3) is 3.02. The first kappa shape index (κ1) is 12.9. The van der Waals surface area contributed by atoms with Crippen LogP contribution in [0.3, 0.4) is 0 Å². The van der Waals surface area contributed by atoms with Crippen LogP contribution < -0.4 is 4.74 Å². The van der Waals surface area contributed by atoms with E-state index in [2.05, 4.69) is 28.7 Å². The molecule has 0 bridgehead atoms. The van der Waals surface area contributed by atoms with Crippen LogP contribution in [0.15, 0.2) is 42.5 Å². The highest BCUT2D eigenvalue weighted by Crippen LogP contribution is 2.21. The highest BCUT2D eigenvalue weighted by Gasteiger charge is 2.03. The van der Waals surface area contributed by atoms with E-state index in [1.165, 1.54) is 0 Å². The Hall–Kier alpha value is -1.54. The number of hydrogen-bond donors (Lipinski definition) is 0. The fourth-order valence-corrected chi connectivity index (χ4v) is 2.19. The molecule has 0 spiro atoms. The lowest BCUT2D eigenvalue weighted by atomic mass is 10.1. The number of halogens is 1. The summed E-state index contributed by atoms with van der Waals surface area (Å²) in [6.45, 7) is 2.52. The fraction of sp³-hybridized carbons (Fsp3) is 0.133. The largest absolute Gasteiger partial charge is 0.488 e. The van der Waals surface area contributed by atoms with Crippen molar-refractivity contribution in [1.82, 2.24) is 0 Å². The first-order chi connectivity index (χ1) is 8.70. The van der Waals surface area contributed by atoms with Crippen molar-refractivity contribution in [3.63, 3.8) is 0 Å². The zero-order valence-corrected chi connectivity index (χ0v) is 12.1. The predicted molar refractivity (Wildman–Crippen MR) is 79.4 cm³/mol. The first-order valence-corrected chi connectivity index (χ1v) is 6.65. The lowest BCUT2D eigenvalue weighted by Gasteiger charge is -2.10. The van der Waals surface area contributed by atoms with Crippen LogP contribution in [0, 0.1) is 21.8 Å². The molecule has 18 heavy (non-hydrogen) atoms. The maximum Gasteiger partial charge on any atom is 0.133 e. The van der Waals surface area contributed by atoms with Crippen LogP contribution in [0.4, 0.5) is 0 Å². The van der Waals surface area contributed by atoms with Crippen molar-refractivity contribution in [2.24, 2.45) is 0 Å². The number of hydrogen-bond acceptors (Lipinski definition) is 2. The number of aryl methyl sites for hydroxylation is 1. The molecule has 2 nitrogen and oxygen atoms in total. The number of rotatable bonds is 3. The molecule has 0 aliphatic rings. The number of ether oxygens (including phenoxy) is 1. The van der Waals surface area contributed by atoms with E-state index in [9.17, 15) is 0 Å². The van der Waals surface area contributed by atoms with Crippen molar-refractivity contribution < 1.29 is 4.74 Å². The van der Waals surface area contributed by atoms with Gasteiger partial charge in [-0.05, 0) is 64.9 Å². The molecule has 0 radical (unpaired) electrons. The minimum Gasteiger partial charge on any atom is -0.488 e. The third-order valence-electron chi connectivity index (χ3n) is 2.69.